The Kier molecular flexibility index (Phi) is 4.10. The standard InChI is InChI=1S/C12H14F3N.ClH/c1-7-5-11(16-2)9-4-3-8(6-10(7)9)12(13,14)15;/h3-4,6-7,11,16H,5H2,1-2H3;1H/t7-,11+;/m0./s1. The Morgan fingerprint density at radius 3 is 2.41 bits per heavy atom. The van der Waals surface area contributed by atoms with Crippen molar-refractivity contribution < 1.29 is 13.2 Å². The lowest BCUT2D eigenvalue weighted by Crippen LogP contribution is -2.13. The molecule has 96 valence electrons. The van der Waals surface area contributed by atoms with Crippen LogP contribution in [-0.2, 0) is 6.18 Å². The minimum Gasteiger partial charge on any atom is -0.313 e. The third-order valence-corrected chi connectivity index (χ3v) is 3.26. The van der Waals surface area contributed by atoms with Gasteiger partial charge in [0.15, 0.2) is 0 Å². The summed E-state index contributed by atoms with van der Waals surface area (Å²) >= 11 is 0. The van der Waals surface area contributed by atoms with Crippen molar-refractivity contribution in [3.8, 4) is 0 Å². The molecule has 5 heteroatoms. The van der Waals surface area contributed by atoms with Gasteiger partial charge in [0, 0.05) is 6.04 Å². The van der Waals surface area contributed by atoms with Gasteiger partial charge in [0.2, 0.25) is 0 Å². The van der Waals surface area contributed by atoms with Gasteiger partial charge in [-0.05, 0) is 42.6 Å². The molecule has 0 amide bonds. The van der Waals surface area contributed by atoms with Crippen molar-refractivity contribution >= 4 is 12.4 Å². The van der Waals surface area contributed by atoms with Crippen molar-refractivity contribution in [2.75, 3.05) is 7.05 Å². The van der Waals surface area contributed by atoms with Crippen molar-refractivity contribution in [2.45, 2.75) is 31.5 Å². The molecule has 0 saturated heterocycles. The van der Waals surface area contributed by atoms with Gasteiger partial charge in [0.25, 0.3) is 0 Å². The van der Waals surface area contributed by atoms with Crippen molar-refractivity contribution in [2.24, 2.45) is 0 Å². The van der Waals surface area contributed by atoms with Gasteiger partial charge < -0.3 is 5.32 Å². The molecule has 0 fully saturated rings. The fraction of sp³-hybridized carbons (Fsp3) is 0.500. The zero-order valence-corrected chi connectivity index (χ0v) is 10.5. The number of alkyl halides is 3. The van der Waals surface area contributed by atoms with E-state index in [1.54, 1.807) is 6.07 Å². The van der Waals surface area contributed by atoms with Crippen molar-refractivity contribution in [3.63, 3.8) is 0 Å². The predicted molar refractivity (Wildman–Crippen MR) is 63.5 cm³/mol. The molecule has 1 N–H and O–H groups in total. The van der Waals surface area contributed by atoms with Crippen LogP contribution in [0.25, 0.3) is 0 Å². The number of rotatable bonds is 1. The molecule has 1 aromatic rings. The largest absolute Gasteiger partial charge is 0.416 e. The fourth-order valence-corrected chi connectivity index (χ4v) is 2.38. The minimum absolute atomic E-state index is 0. The Morgan fingerprint density at radius 1 is 1.24 bits per heavy atom. The summed E-state index contributed by atoms with van der Waals surface area (Å²) in [5.74, 6) is 0.190. The van der Waals surface area contributed by atoms with Gasteiger partial charge in [0.05, 0.1) is 5.56 Å². The van der Waals surface area contributed by atoms with Gasteiger partial charge in [-0.3, -0.25) is 0 Å². The molecule has 1 aliphatic rings. The highest BCUT2D eigenvalue weighted by molar-refractivity contribution is 5.85. The second kappa shape index (κ2) is 4.86. The van der Waals surface area contributed by atoms with Crippen molar-refractivity contribution in [1.29, 1.82) is 0 Å². The summed E-state index contributed by atoms with van der Waals surface area (Å²) in [7, 11) is 1.84. The van der Waals surface area contributed by atoms with E-state index in [9.17, 15) is 13.2 Å². The Hall–Kier alpha value is -0.740. The van der Waals surface area contributed by atoms with Crippen LogP contribution in [0.4, 0.5) is 13.2 Å². The Balaban J connectivity index is 0.00000144. The van der Waals surface area contributed by atoms with Crippen molar-refractivity contribution in [3.05, 3.63) is 34.9 Å². The molecule has 1 aromatic carbocycles. The molecule has 17 heavy (non-hydrogen) atoms. The van der Waals surface area contributed by atoms with Gasteiger partial charge in [-0.15, -0.1) is 12.4 Å². The van der Waals surface area contributed by atoms with Crippen LogP contribution in [0.2, 0.25) is 0 Å². The summed E-state index contributed by atoms with van der Waals surface area (Å²) < 4.78 is 37.6. The molecule has 0 spiro atoms. The first-order valence-corrected chi connectivity index (χ1v) is 5.31. The van der Waals surface area contributed by atoms with Crippen LogP contribution in [0.5, 0.6) is 0 Å². The normalized spacial score (nSPS) is 23.1. The van der Waals surface area contributed by atoms with Gasteiger partial charge in [-0.1, -0.05) is 13.0 Å². The van der Waals surface area contributed by atoms with E-state index in [4.69, 9.17) is 0 Å². The van der Waals surface area contributed by atoms with E-state index < -0.39 is 11.7 Å². The van der Waals surface area contributed by atoms with Gasteiger partial charge in [-0.25, -0.2) is 0 Å². The number of nitrogens with one attached hydrogen (secondary N) is 1. The van der Waals surface area contributed by atoms with E-state index >= 15 is 0 Å². The SMILES string of the molecule is CN[C@@H]1C[C@H](C)c2cc(C(F)(F)F)ccc21.Cl. The van der Waals surface area contributed by atoms with Crippen molar-refractivity contribution in [1.82, 2.24) is 5.32 Å². The predicted octanol–water partition coefficient (Wildman–Crippen LogP) is 3.89. The average molecular weight is 266 g/mol. The molecule has 0 aromatic heterocycles. The average Bonchev–Trinajstić information content (AvgIpc) is 2.54. The highest BCUT2D eigenvalue weighted by atomic mass is 35.5. The van der Waals surface area contributed by atoms with Gasteiger partial charge >= 0.3 is 6.18 Å². The molecule has 0 saturated carbocycles. The van der Waals surface area contributed by atoms with Crippen LogP contribution in [0.15, 0.2) is 18.2 Å². The molecule has 0 aliphatic heterocycles. The lowest BCUT2D eigenvalue weighted by atomic mass is 10.0. The molecule has 0 radical (unpaired) electrons. The fourth-order valence-electron chi connectivity index (χ4n) is 2.38. The number of hydrogen-bond donors (Lipinski definition) is 1. The maximum Gasteiger partial charge on any atom is 0.416 e. The molecule has 2 atom stereocenters. The molecule has 2 rings (SSSR count). The number of halogens is 4. The van der Waals surface area contributed by atoms with E-state index in [1.165, 1.54) is 12.1 Å². The summed E-state index contributed by atoms with van der Waals surface area (Å²) in [6.45, 7) is 1.97. The highest BCUT2D eigenvalue weighted by Gasteiger charge is 2.34. The number of fused-ring (bicyclic) bond motifs is 1. The summed E-state index contributed by atoms with van der Waals surface area (Å²) in [6, 6.07) is 4.24. The van der Waals surface area contributed by atoms with Gasteiger partial charge in [0.1, 0.15) is 0 Å². The first kappa shape index (κ1) is 14.3. The summed E-state index contributed by atoms with van der Waals surface area (Å²) in [4.78, 5) is 0. The Morgan fingerprint density at radius 2 is 1.88 bits per heavy atom. The first-order chi connectivity index (χ1) is 7.43. The van der Waals surface area contributed by atoms with E-state index in [0.29, 0.717) is 0 Å². The lowest BCUT2D eigenvalue weighted by molar-refractivity contribution is -0.137. The third-order valence-electron chi connectivity index (χ3n) is 3.26. The quantitative estimate of drug-likeness (QED) is 0.812. The van der Waals surface area contributed by atoms with Crippen LogP contribution in [0.1, 0.15) is 42.0 Å². The molecule has 1 nitrogen and oxygen atoms in total. The smallest absolute Gasteiger partial charge is 0.313 e. The summed E-state index contributed by atoms with van der Waals surface area (Å²) in [5, 5.41) is 3.13. The van der Waals surface area contributed by atoms with Crippen LogP contribution in [-0.4, -0.2) is 7.05 Å². The molecule has 0 bridgehead atoms. The first-order valence-electron chi connectivity index (χ1n) is 5.31. The summed E-state index contributed by atoms with van der Waals surface area (Å²) in [6.07, 6.45) is -3.38. The molecule has 0 unspecified atom stereocenters. The molecular formula is C12H15ClF3N. The molecular weight excluding hydrogens is 251 g/mol. The van der Waals surface area contributed by atoms with Crippen LogP contribution >= 0.6 is 12.4 Å². The Labute approximate surface area is 105 Å². The Bertz CT molecular complexity index is 403. The second-order valence-corrected chi connectivity index (χ2v) is 4.32. The maximum atomic E-state index is 12.5. The second-order valence-electron chi connectivity index (χ2n) is 4.32. The van der Waals surface area contributed by atoms with Crippen LogP contribution in [0.3, 0.4) is 0 Å². The van der Waals surface area contributed by atoms with E-state index in [1.807, 2.05) is 14.0 Å². The van der Waals surface area contributed by atoms with Crippen LogP contribution in [0, 0.1) is 0 Å². The minimum atomic E-state index is -4.24. The zero-order valence-electron chi connectivity index (χ0n) is 9.64. The highest BCUT2D eigenvalue weighted by Crippen LogP contribution is 2.42. The monoisotopic (exact) mass is 265 g/mol. The summed E-state index contributed by atoms with van der Waals surface area (Å²) in [5.41, 5.74) is 1.28. The zero-order chi connectivity index (χ0) is 11.9. The van der Waals surface area contributed by atoms with E-state index in [-0.39, 0.29) is 24.4 Å². The lowest BCUT2D eigenvalue weighted by Gasteiger charge is -2.12. The number of hydrogen-bond acceptors (Lipinski definition) is 1. The van der Waals surface area contributed by atoms with Gasteiger partial charge in [-0.2, -0.15) is 13.2 Å². The number of benzene rings is 1. The topological polar surface area (TPSA) is 12.0 Å². The molecule has 1 aliphatic carbocycles. The van der Waals surface area contributed by atoms with E-state index in [0.717, 1.165) is 17.5 Å². The van der Waals surface area contributed by atoms with E-state index in [2.05, 4.69) is 5.32 Å². The molecule has 0 heterocycles. The van der Waals surface area contributed by atoms with Crippen LogP contribution < -0.4 is 5.32 Å². The third kappa shape index (κ3) is 2.58. The maximum absolute atomic E-state index is 12.5.